The molecule has 0 saturated heterocycles. The SMILES string of the molecule is CCN(CC)S(=O)(=O)c1ccc([C@@H](C)[NH2+]CC(=O)NC(C)(C)CC)cc1. The summed E-state index contributed by atoms with van der Waals surface area (Å²) in [5, 5.41) is 4.97. The smallest absolute Gasteiger partial charge is 0.275 e. The Morgan fingerprint density at radius 1 is 1.15 bits per heavy atom. The average Bonchev–Trinajstić information content (AvgIpc) is 2.60. The molecule has 1 atom stereocenters. The van der Waals surface area contributed by atoms with Crippen LogP contribution in [0.25, 0.3) is 0 Å². The lowest BCUT2D eigenvalue weighted by Gasteiger charge is -2.24. The number of nitrogens with two attached hydrogens (primary N) is 1. The predicted octanol–water partition coefficient (Wildman–Crippen LogP) is 1.65. The van der Waals surface area contributed by atoms with Gasteiger partial charge in [-0.25, -0.2) is 8.42 Å². The third-order valence-electron chi connectivity index (χ3n) is 4.77. The monoisotopic (exact) mass is 384 g/mol. The molecule has 0 heterocycles. The maximum atomic E-state index is 12.5. The lowest BCUT2D eigenvalue weighted by molar-refractivity contribution is -0.682. The third kappa shape index (κ3) is 6.07. The second-order valence-electron chi connectivity index (χ2n) is 7.17. The van der Waals surface area contributed by atoms with E-state index in [0.717, 1.165) is 12.0 Å². The normalized spacial score (nSPS) is 13.7. The lowest BCUT2D eigenvalue weighted by atomic mass is 10.0. The fourth-order valence-corrected chi connectivity index (χ4v) is 4.05. The Morgan fingerprint density at radius 2 is 1.69 bits per heavy atom. The number of nitrogens with one attached hydrogen (secondary N) is 1. The number of rotatable bonds is 10. The minimum Gasteiger partial charge on any atom is -0.346 e. The standard InChI is InChI=1S/C19H33N3O3S/c1-7-19(5,6)21-18(23)14-20-15(4)16-10-12-17(13-11-16)26(24,25)22(8-2)9-3/h10-13,15,20H,7-9,14H2,1-6H3,(H,21,23)/p+1/t15-/m1/s1. The van der Waals surface area contributed by atoms with Gasteiger partial charge in [-0.05, 0) is 39.3 Å². The lowest BCUT2D eigenvalue weighted by Crippen LogP contribution is -2.87. The van der Waals surface area contributed by atoms with Gasteiger partial charge in [0.1, 0.15) is 6.04 Å². The first kappa shape index (κ1) is 22.6. The molecule has 1 amide bonds. The van der Waals surface area contributed by atoms with Gasteiger partial charge in [0, 0.05) is 24.2 Å². The fraction of sp³-hybridized carbons (Fsp3) is 0.632. The van der Waals surface area contributed by atoms with E-state index in [0.29, 0.717) is 24.5 Å². The highest BCUT2D eigenvalue weighted by molar-refractivity contribution is 7.89. The number of carbonyl (C=O) groups excluding carboxylic acids is 1. The number of hydrogen-bond donors (Lipinski definition) is 2. The molecule has 0 saturated carbocycles. The number of hydrogen-bond acceptors (Lipinski definition) is 3. The quantitative estimate of drug-likeness (QED) is 0.643. The van der Waals surface area contributed by atoms with E-state index in [9.17, 15) is 13.2 Å². The molecular weight excluding hydrogens is 350 g/mol. The average molecular weight is 385 g/mol. The van der Waals surface area contributed by atoms with Gasteiger partial charge in [-0.1, -0.05) is 32.9 Å². The molecule has 0 aromatic heterocycles. The van der Waals surface area contributed by atoms with E-state index >= 15 is 0 Å². The van der Waals surface area contributed by atoms with Crippen LogP contribution in [0.3, 0.4) is 0 Å². The number of quaternary nitrogens is 1. The molecule has 1 aromatic carbocycles. The van der Waals surface area contributed by atoms with E-state index in [1.165, 1.54) is 4.31 Å². The molecule has 7 heteroatoms. The molecule has 1 aromatic rings. The zero-order valence-corrected chi connectivity index (χ0v) is 17.7. The first-order chi connectivity index (χ1) is 12.1. The Bertz CT molecular complexity index is 680. The van der Waals surface area contributed by atoms with E-state index in [2.05, 4.69) is 5.32 Å². The van der Waals surface area contributed by atoms with E-state index < -0.39 is 10.0 Å². The molecule has 3 N–H and O–H groups in total. The minimum absolute atomic E-state index is 0.00410. The van der Waals surface area contributed by atoms with Crippen LogP contribution in [-0.2, 0) is 14.8 Å². The van der Waals surface area contributed by atoms with Crippen molar-refractivity contribution >= 4 is 15.9 Å². The third-order valence-corrected chi connectivity index (χ3v) is 6.83. The summed E-state index contributed by atoms with van der Waals surface area (Å²) < 4.78 is 26.5. The highest BCUT2D eigenvalue weighted by Gasteiger charge is 2.22. The number of amides is 1. The van der Waals surface area contributed by atoms with Crippen LogP contribution in [0.1, 0.15) is 59.6 Å². The molecule has 0 aliphatic heterocycles. The van der Waals surface area contributed by atoms with Crippen LogP contribution in [-0.4, -0.2) is 43.8 Å². The molecule has 0 fully saturated rings. The van der Waals surface area contributed by atoms with E-state index in [1.54, 1.807) is 12.1 Å². The van der Waals surface area contributed by atoms with Crippen molar-refractivity contribution < 1.29 is 18.5 Å². The number of carbonyl (C=O) groups is 1. The van der Waals surface area contributed by atoms with Crippen molar-refractivity contribution in [3.8, 4) is 0 Å². The summed E-state index contributed by atoms with van der Waals surface area (Å²) in [6, 6.07) is 7.01. The van der Waals surface area contributed by atoms with Crippen LogP contribution in [0, 0.1) is 0 Å². The molecule has 6 nitrogen and oxygen atoms in total. The zero-order chi connectivity index (χ0) is 20.0. The Hall–Kier alpha value is -1.44. The highest BCUT2D eigenvalue weighted by Crippen LogP contribution is 2.18. The zero-order valence-electron chi connectivity index (χ0n) is 16.9. The largest absolute Gasteiger partial charge is 0.346 e. The Kier molecular flexibility index (Phi) is 8.24. The minimum atomic E-state index is -3.43. The van der Waals surface area contributed by atoms with Gasteiger partial charge >= 0.3 is 0 Å². The van der Waals surface area contributed by atoms with Gasteiger partial charge in [0.2, 0.25) is 10.0 Å². The van der Waals surface area contributed by atoms with Gasteiger partial charge < -0.3 is 10.6 Å². The van der Waals surface area contributed by atoms with Crippen LogP contribution in [0.5, 0.6) is 0 Å². The summed E-state index contributed by atoms with van der Waals surface area (Å²) in [5.41, 5.74) is 0.792. The van der Waals surface area contributed by atoms with Crippen molar-refractivity contribution in [3.63, 3.8) is 0 Å². The summed E-state index contributed by atoms with van der Waals surface area (Å²) in [5.74, 6) is 0.00410. The molecule has 0 bridgehead atoms. The van der Waals surface area contributed by atoms with Crippen molar-refractivity contribution in [2.45, 2.75) is 64.4 Å². The second kappa shape index (κ2) is 9.48. The van der Waals surface area contributed by atoms with Crippen LogP contribution in [0.2, 0.25) is 0 Å². The number of nitrogens with zero attached hydrogens (tertiary/aromatic N) is 1. The molecule has 26 heavy (non-hydrogen) atoms. The van der Waals surface area contributed by atoms with Crippen molar-refractivity contribution in [1.82, 2.24) is 9.62 Å². The maximum absolute atomic E-state index is 12.5. The van der Waals surface area contributed by atoms with Crippen LogP contribution < -0.4 is 10.6 Å². The van der Waals surface area contributed by atoms with Crippen LogP contribution in [0.15, 0.2) is 29.2 Å². The van der Waals surface area contributed by atoms with Crippen LogP contribution in [0.4, 0.5) is 0 Å². The maximum Gasteiger partial charge on any atom is 0.275 e. The number of sulfonamides is 1. The summed E-state index contributed by atoms with van der Waals surface area (Å²) >= 11 is 0. The fourth-order valence-electron chi connectivity index (χ4n) is 2.59. The highest BCUT2D eigenvalue weighted by atomic mass is 32.2. The Morgan fingerprint density at radius 3 is 2.15 bits per heavy atom. The molecule has 1 rings (SSSR count). The van der Waals surface area contributed by atoms with E-state index in [-0.39, 0.29) is 17.5 Å². The van der Waals surface area contributed by atoms with Crippen LogP contribution >= 0.6 is 0 Å². The molecule has 0 aliphatic rings. The molecule has 0 aliphatic carbocycles. The summed E-state index contributed by atoms with van der Waals surface area (Å²) in [4.78, 5) is 12.4. The first-order valence-corrected chi connectivity index (χ1v) is 10.8. The van der Waals surface area contributed by atoms with Crippen molar-refractivity contribution in [2.24, 2.45) is 0 Å². The summed E-state index contributed by atoms with van der Waals surface area (Å²) in [7, 11) is -3.43. The van der Waals surface area contributed by atoms with Gasteiger partial charge in [-0.15, -0.1) is 0 Å². The Labute approximate surface area is 158 Å². The van der Waals surface area contributed by atoms with E-state index in [1.807, 2.05) is 59.0 Å². The molecule has 0 unspecified atom stereocenters. The van der Waals surface area contributed by atoms with Gasteiger partial charge in [0.25, 0.3) is 5.91 Å². The topological polar surface area (TPSA) is 83.1 Å². The second-order valence-corrected chi connectivity index (χ2v) is 9.11. The molecule has 148 valence electrons. The van der Waals surface area contributed by atoms with Crippen molar-refractivity contribution in [3.05, 3.63) is 29.8 Å². The Balaban J connectivity index is 2.72. The van der Waals surface area contributed by atoms with Gasteiger partial charge in [-0.3, -0.25) is 4.79 Å². The van der Waals surface area contributed by atoms with E-state index in [4.69, 9.17) is 0 Å². The summed E-state index contributed by atoms with van der Waals surface area (Å²) in [6.45, 7) is 13.0. The molecule has 0 spiro atoms. The number of benzene rings is 1. The predicted molar refractivity (Wildman–Crippen MR) is 104 cm³/mol. The van der Waals surface area contributed by atoms with Gasteiger partial charge in [0.05, 0.1) is 4.90 Å². The van der Waals surface area contributed by atoms with Crippen molar-refractivity contribution in [2.75, 3.05) is 19.6 Å². The summed E-state index contributed by atoms with van der Waals surface area (Å²) in [6.07, 6.45) is 0.872. The molecular formula is C19H34N3O3S+. The molecule has 0 radical (unpaired) electrons. The first-order valence-electron chi connectivity index (χ1n) is 9.31. The van der Waals surface area contributed by atoms with Crippen molar-refractivity contribution in [1.29, 1.82) is 0 Å². The van der Waals surface area contributed by atoms with Gasteiger partial charge in [-0.2, -0.15) is 4.31 Å². The van der Waals surface area contributed by atoms with Gasteiger partial charge in [0.15, 0.2) is 6.54 Å².